The number of pyridine rings is 1. The van der Waals surface area contributed by atoms with Crippen molar-refractivity contribution in [2.45, 2.75) is 20.3 Å². The van der Waals surface area contributed by atoms with Crippen LogP contribution in [-0.4, -0.2) is 27.2 Å². The molecule has 0 aliphatic carbocycles. The molecular formula is C21H17F2N3O2. The molecule has 4 rings (SSSR count). The van der Waals surface area contributed by atoms with Crippen molar-refractivity contribution in [3.05, 3.63) is 53.5 Å². The van der Waals surface area contributed by atoms with Crippen molar-refractivity contribution in [3.8, 4) is 22.9 Å². The SMILES string of the molecule is CCc1c(F)ccc2cc(O)cc(-c3ncc4c(OC)nc(C)nc4c3F)c12. The molecule has 0 bridgehead atoms. The molecule has 0 atom stereocenters. The molecule has 2 aromatic carbocycles. The predicted molar refractivity (Wildman–Crippen MR) is 103 cm³/mol. The molecule has 7 heteroatoms. The Morgan fingerprint density at radius 1 is 1.14 bits per heavy atom. The van der Waals surface area contributed by atoms with Crippen molar-refractivity contribution in [2.24, 2.45) is 0 Å². The third-order valence-electron chi connectivity index (χ3n) is 4.72. The zero-order chi connectivity index (χ0) is 20.0. The topological polar surface area (TPSA) is 68.1 Å². The van der Waals surface area contributed by atoms with Crippen LogP contribution in [0, 0.1) is 18.6 Å². The van der Waals surface area contributed by atoms with E-state index in [0.717, 1.165) is 0 Å². The number of fused-ring (bicyclic) bond motifs is 2. The number of hydrogen-bond acceptors (Lipinski definition) is 5. The molecule has 0 aliphatic heterocycles. The van der Waals surface area contributed by atoms with E-state index in [1.165, 1.54) is 31.5 Å². The summed E-state index contributed by atoms with van der Waals surface area (Å²) in [5, 5.41) is 11.6. The molecule has 5 nitrogen and oxygen atoms in total. The maximum atomic E-state index is 15.5. The molecule has 0 saturated carbocycles. The van der Waals surface area contributed by atoms with Crippen LogP contribution in [0.15, 0.2) is 30.5 Å². The summed E-state index contributed by atoms with van der Waals surface area (Å²) in [7, 11) is 1.44. The smallest absolute Gasteiger partial charge is 0.226 e. The van der Waals surface area contributed by atoms with Crippen molar-refractivity contribution in [1.82, 2.24) is 15.0 Å². The highest BCUT2D eigenvalue weighted by Gasteiger charge is 2.20. The number of aromatic nitrogens is 3. The molecule has 0 aliphatic rings. The summed E-state index contributed by atoms with van der Waals surface area (Å²) in [6.45, 7) is 3.45. The van der Waals surface area contributed by atoms with Crippen LogP contribution in [0.4, 0.5) is 8.78 Å². The maximum absolute atomic E-state index is 15.5. The number of ether oxygens (including phenoxy) is 1. The zero-order valence-corrected chi connectivity index (χ0v) is 15.5. The van der Waals surface area contributed by atoms with Gasteiger partial charge in [-0.15, -0.1) is 0 Å². The summed E-state index contributed by atoms with van der Waals surface area (Å²) in [5.74, 6) is -0.556. The van der Waals surface area contributed by atoms with Crippen LogP contribution in [0.3, 0.4) is 0 Å². The molecule has 0 unspecified atom stereocenters. The van der Waals surface area contributed by atoms with Crippen molar-refractivity contribution in [1.29, 1.82) is 0 Å². The first-order valence-corrected chi connectivity index (χ1v) is 8.75. The fourth-order valence-corrected chi connectivity index (χ4v) is 3.51. The summed E-state index contributed by atoms with van der Waals surface area (Å²) in [4.78, 5) is 12.6. The van der Waals surface area contributed by atoms with E-state index in [9.17, 15) is 9.50 Å². The van der Waals surface area contributed by atoms with Gasteiger partial charge >= 0.3 is 0 Å². The van der Waals surface area contributed by atoms with Gasteiger partial charge in [0, 0.05) is 11.8 Å². The Morgan fingerprint density at radius 3 is 2.64 bits per heavy atom. The number of methoxy groups -OCH3 is 1. The van der Waals surface area contributed by atoms with Crippen LogP contribution >= 0.6 is 0 Å². The van der Waals surface area contributed by atoms with Gasteiger partial charge in [-0.3, -0.25) is 4.98 Å². The largest absolute Gasteiger partial charge is 0.508 e. The third kappa shape index (κ3) is 2.70. The Morgan fingerprint density at radius 2 is 1.93 bits per heavy atom. The predicted octanol–water partition coefficient (Wildman–Crippen LogP) is 4.71. The van der Waals surface area contributed by atoms with E-state index in [-0.39, 0.29) is 28.7 Å². The fourth-order valence-electron chi connectivity index (χ4n) is 3.51. The highest BCUT2D eigenvalue weighted by molar-refractivity contribution is 6.01. The van der Waals surface area contributed by atoms with Gasteiger partial charge < -0.3 is 9.84 Å². The molecule has 0 saturated heterocycles. The highest BCUT2D eigenvalue weighted by Crippen LogP contribution is 2.38. The quantitative estimate of drug-likeness (QED) is 0.557. The Balaban J connectivity index is 2.12. The summed E-state index contributed by atoms with van der Waals surface area (Å²) in [6, 6.07) is 5.81. The fraction of sp³-hybridized carbons (Fsp3) is 0.190. The minimum Gasteiger partial charge on any atom is -0.508 e. The van der Waals surface area contributed by atoms with Gasteiger partial charge in [0.25, 0.3) is 0 Å². The number of phenolic OH excluding ortho intramolecular Hbond substituents is 1. The average molecular weight is 381 g/mol. The number of aryl methyl sites for hydroxylation is 2. The van der Waals surface area contributed by atoms with Crippen molar-refractivity contribution >= 4 is 21.7 Å². The van der Waals surface area contributed by atoms with E-state index in [4.69, 9.17) is 4.74 Å². The molecule has 0 amide bonds. The molecule has 0 spiro atoms. The molecular weight excluding hydrogens is 364 g/mol. The van der Waals surface area contributed by atoms with Crippen molar-refractivity contribution in [2.75, 3.05) is 7.11 Å². The number of hydrogen-bond donors (Lipinski definition) is 1. The first-order valence-electron chi connectivity index (χ1n) is 8.75. The molecule has 4 aromatic rings. The summed E-state index contributed by atoms with van der Waals surface area (Å²) < 4.78 is 35.1. The Bertz CT molecular complexity index is 1240. The van der Waals surface area contributed by atoms with Crippen LogP contribution in [0.25, 0.3) is 32.9 Å². The number of nitrogens with zero attached hydrogens (tertiary/aromatic N) is 3. The lowest BCUT2D eigenvalue weighted by atomic mass is 9.94. The van der Waals surface area contributed by atoms with Gasteiger partial charge in [-0.05, 0) is 47.9 Å². The van der Waals surface area contributed by atoms with E-state index in [2.05, 4.69) is 15.0 Å². The van der Waals surface area contributed by atoms with Crippen LogP contribution in [0.2, 0.25) is 0 Å². The Labute approximate surface area is 159 Å². The minimum atomic E-state index is -0.681. The van der Waals surface area contributed by atoms with Crippen molar-refractivity contribution in [3.63, 3.8) is 0 Å². The number of benzene rings is 2. The molecule has 1 N–H and O–H groups in total. The van der Waals surface area contributed by atoms with Crippen molar-refractivity contribution < 1.29 is 18.6 Å². The first-order chi connectivity index (χ1) is 13.4. The van der Waals surface area contributed by atoms with E-state index < -0.39 is 5.82 Å². The third-order valence-corrected chi connectivity index (χ3v) is 4.72. The van der Waals surface area contributed by atoms with Crippen LogP contribution in [-0.2, 0) is 6.42 Å². The van der Waals surface area contributed by atoms with Gasteiger partial charge in [-0.25, -0.2) is 13.8 Å². The number of rotatable bonds is 3. The molecule has 2 heterocycles. The lowest BCUT2D eigenvalue weighted by molar-refractivity contribution is 0.401. The minimum absolute atomic E-state index is 0.0196. The first kappa shape index (κ1) is 18.0. The van der Waals surface area contributed by atoms with Gasteiger partial charge in [0.15, 0.2) is 5.82 Å². The Kier molecular flexibility index (Phi) is 4.30. The lowest BCUT2D eigenvalue weighted by Gasteiger charge is -2.14. The van der Waals surface area contributed by atoms with Gasteiger partial charge in [-0.2, -0.15) is 4.98 Å². The zero-order valence-electron chi connectivity index (χ0n) is 15.5. The van der Waals surface area contributed by atoms with Crippen LogP contribution in [0.5, 0.6) is 11.6 Å². The number of aromatic hydroxyl groups is 1. The number of phenols is 1. The second-order valence-corrected chi connectivity index (χ2v) is 6.43. The van der Waals surface area contributed by atoms with Gasteiger partial charge in [0.1, 0.15) is 28.6 Å². The average Bonchev–Trinajstić information content (AvgIpc) is 2.68. The lowest BCUT2D eigenvalue weighted by Crippen LogP contribution is -2.01. The standard InChI is InChI=1S/C21H17F2N3O2/c1-4-13-16(22)6-5-11-7-12(27)8-14(17(11)13)19-18(23)20-15(9-24-19)21(28-3)26-10(2)25-20/h5-9,27H,4H2,1-3H3. The molecule has 2 aromatic heterocycles. The van der Waals surface area contributed by atoms with E-state index >= 15 is 4.39 Å². The second kappa shape index (κ2) is 6.67. The van der Waals surface area contributed by atoms with Gasteiger partial charge in [0.2, 0.25) is 5.88 Å². The molecule has 28 heavy (non-hydrogen) atoms. The second-order valence-electron chi connectivity index (χ2n) is 6.43. The highest BCUT2D eigenvalue weighted by atomic mass is 19.1. The van der Waals surface area contributed by atoms with E-state index in [1.54, 1.807) is 13.0 Å². The number of halogens is 2. The molecule has 0 radical (unpaired) electrons. The molecule has 0 fully saturated rings. The normalized spacial score (nSPS) is 11.3. The van der Waals surface area contributed by atoms with Gasteiger partial charge in [0.05, 0.1) is 12.5 Å². The van der Waals surface area contributed by atoms with Crippen LogP contribution in [0.1, 0.15) is 18.3 Å². The van der Waals surface area contributed by atoms with E-state index in [1.807, 2.05) is 6.92 Å². The van der Waals surface area contributed by atoms with Gasteiger partial charge in [-0.1, -0.05) is 13.0 Å². The summed E-state index contributed by atoms with van der Waals surface area (Å²) in [6.07, 6.45) is 1.83. The molecule has 142 valence electrons. The maximum Gasteiger partial charge on any atom is 0.226 e. The van der Waals surface area contributed by atoms with Crippen LogP contribution < -0.4 is 4.74 Å². The summed E-state index contributed by atoms with van der Waals surface area (Å²) >= 11 is 0. The summed E-state index contributed by atoms with van der Waals surface area (Å²) in [5.41, 5.74) is 0.778. The Hall–Kier alpha value is -3.35. The van der Waals surface area contributed by atoms with E-state index in [0.29, 0.717) is 39.5 Å². The monoisotopic (exact) mass is 381 g/mol.